The van der Waals surface area contributed by atoms with Crippen LogP contribution in [0.4, 0.5) is 8.78 Å². The van der Waals surface area contributed by atoms with Crippen LogP contribution in [-0.2, 0) is 18.4 Å². The van der Waals surface area contributed by atoms with E-state index >= 15 is 0 Å². The van der Waals surface area contributed by atoms with Crippen molar-refractivity contribution in [3.05, 3.63) is 59.3 Å². The number of ether oxygens (including phenoxy) is 1. The van der Waals surface area contributed by atoms with Crippen molar-refractivity contribution in [3.8, 4) is 5.75 Å². The van der Waals surface area contributed by atoms with E-state index in [4.69, 9.17) is 4.74 Å². The number of halogens is 2. The molecule has 2 heterocycles. The monoisotopic (exact) mass is 444 g/mol. The molecule has 8 nitrogen and oxygen atoms in total. The standard InChI is InChI=1S/C22H22F2N4O4/c1-28-18(20(30)26-22(12-29)8-9-25-21(22)31)16-10-14(6-7-17(16)27-28)32-11-13-4-2-3-5-15(13)19(23)24/h2-7,10,19,29H,8-9,11-12H2,1H3,(H,25,31)(H,26,30). The van der Waals surface area contributed by atoms with Crippen LogP contribution in [0.3, 0.4) is 0 Å². The number of hydrogen-bond donors (Lipinski definition) is 3. The minimum atomic E-state index is -2.61. The van der Waals surface area contributed by atoms with E-state index in [2.05, 4.69) is 15.7 Å². The molecule has 1 aromatic heterocycles. The smallest absolute Gasteiger partial charge is 0.271 e. The molecule has 3 aromatic rings. The highest BCUT2D eigenvalue weighted by Gasteiger charge is 2.44. The molecule has 168 valence electrons. The van der Waals surface area contributed by atoms with Gasteiger partial charge < -0.3 is 20.5 Å². The lowest BCUT2D eigenvalue weighted by molar-refractivity contribution is -0.125. The molecule has 1 atom stereocenters. The van der Waals surface area contributed by atoms with Crippen molar-refractivity contribution in [2.75, 3.05) is 13.2 Å². The van der Waals surface area contributed by atoms with Crippen LogP contribution in [0.25, 0.3) is 10.9 Å². The van der Waals surface area contributed by atoms with Gasteiger partial charge in [0.05, 0.1) is 12.1 Å². The van der Waals surface area contributed by atoms with Crippen LogP contribution in [0.15, 0.2) is 42.5 Å². The van der Waals surface area contributed by atoms with Gasteiger partial charge in [0.25, 0.3) is 12.3 Å². The van der Waals surface area contributed by atoms with Crippen LogP contribution in [-0.4, -0.2) is 45.4 Å². The molecule has 0 bridgehead atoms. The number of nitrogens with zero attached hydrogens (tertiary/aromatic N) is 2. The van der Waals surface area contributed by atoms with Gasteiger partial charge in [-0.1, -0.05) is 24.3 Å². The SMILES string of the molecule is Cn1nc2ccc(OCc3ccccc3C(F)F)cc2c1C(=O)NC1(CO)CCNC1=O. The van der Waals surface area contributed by atoms with Crippen LogP contribution in [0, 0.1) is 0 Å². The summed E-state index contributed by atoms with van der Waals surface area (Å²) < 4.78 is 33.5. The fourth-order valence-corrected chi connectivity index (χ4v) is 3.83. The van der Waals surface area contributed by atoms with Crippen molar-refractivity contribution in [1.29, 1.82) is 0 Å². The minimum Gasteiger partial charge on any atom is -0.489 e. The van der Waals surface area contributed by atoms with Gasteiger partial charge in [-0.15, -0.1) is 0 Å². The first-order valence-corrected chi connectivity index (χ1v) is 10.0. The summed E-state index contributed by atoms with van der Waals surface area (Å²) in [4.78, 5) is 25.2. The molecule has 2 aromatic carbocycles. The van der Waals surface area contributed by atoms with Gasteiger partial charge in [-0.2, -0.15) is 5.10 Å². The second kappa shape index (κ2) is 8.54. The van der Waals surface area contributed by atoms with Gasteiger partial charge in [0.2, 0.25) is 5.91 Å². The van der Waals surface area contributed by atoms with Crippen LogP contribution < -0.4 is 15.4 Å². The fraction of sp³-hybridized carbons (Fsp3) is 0.318. The Labute approximate surface area is 182 Å². The second-order valence-corrected chi connectivity index (χ2v) is 7.64. The molecule has 0 radical (unpaired) electrons. The number of aliphatic hydroxyl groups excluding tert-OH is 1. The number of rotatable bonds is 7. The summed E-state index contributed by atoms with van der Waals surface area (Å²) in [5, 5.41) is 19.8. The van der Waals surface area contributed by atoms with E-state index in [0.717, 1.165) is 0 Å². The Bertz CT molecular complexity index is 1180. The highest BCUT2D eigenvalue weighted by Crippen LogP contribution is 2.27. The molecular weight excluding hydrogens is 422 g/mol. The lowest BCUT2D eigenvalue weighted by Gasteiger charge is -2.24. The quantitative estimate of drug-likeness (QED) is 0.518. The third kappa shape index (κ3) is 3.89. The van der Waals surface area contributed by atoms with Gasteiger partial charge in [-0.3, -0.25) is 14.3 Å². The molecule has 0 aliphatic carbocycles. The summed E-state index contributed by atoms with van der Waals surface area (Å²) >= 11 is 0. The summed E-state index contributed by atoms with van der Waals surface area (Å²) in [7, 11) is 1.59. The van der Waals surface area contributed by atoms with Crippen molar-refractivity contribution in [2.45, 2.75) is 25.0 Å². The molecule has 0 saturated carbocycles. The van der Waals surface area contributed by atoms with E-state index in [-0.39, 0.29) is 24.3 Å². The molecule has 1 aliphatic rings. The molecule has 1 fully saturated rings. The first kappa shape index (κ1) is 21.7. The number of amides is 2. The van der Waals surface area contributed by atoms with Crippen LogP contribution in [0.2, 0.25) is 0 Å². The Hall–Kier alpha value is -3.53. The van der Waals surface area contributed by atoms with E-state index in [1.807, 2.05) is 0 Å². The average Bonchev–Trinajstić information content (AvgIpc) is 3.30. The maximum atomic E-state index is 13.2. The molecule has 3 N–H and O–H groups in total. The maximum Gasteiger partial charge on any atom is 0.271 e. The molecule has 32 heavy (non-hydrogen) atoms. The van der Waals surface area contributed by atoms with Gasteiger partial charge in [-0.05, 0) is 30.2 Å². The van der Waals surface area contributed by atoms with Gasteiger partial charge in [0, 0.05) is 24.5 Å². The van der Waals surface area contributed by atoms with Crippen molar-refractivity contribution in [1.82, 2.24) is 20.4 Å². The number of alkyl halides is 2. The van der Waals surface area contributed by atoms with Crippen molar-refractivity contribution >= 4 is 22.7 Å². The summed E-state index contributed by atoms with van der Waals surface area (Å²) in [6, 6.07) is 11.0. The highest BCUT2D eigenvalue weighted by molar-refractivity contribution is 6.07. The Morgan fingerprint density at radius 3 is 2.81 bits per heavy atom. The lowest BCUT2D eigenvalue weighted by Crippen LogP contribution is -2.56. The second-order valence-electron chi connectivity index (χ2n) is 7.64. The van der Waals surface area contributed by atoms with E-state index in [1.165, 1.54) is 10.7 Å². The molecule has 2 amide bonds. The van der Waals surface area contributed by atoms with Gasteiger partial charge in [0.1, 0.15) is 23.6 Å². The highest BCUT2D eigenvalue weighted by atomic mass is 19.3. The number of aliphatic hydroxyl groups is 1. The zero-order chi connectivity index (χ0) is 22.9. The predicted molar refractivity (Wildman–Crippen MR) is 111 cm³/mol. The number of carbonyl (C=O) groups is 2. The molecule has 1 unspecified atom stereocenters. The normalized spacial score (nSPS) is 18.2. The third-order valence-corrected chi connectivity index (χ3v) is 5.60. The van der Waals surface area contributed by atoms with Crippen molar-refractivity contribution in [3.63, 3.8) is 0 Å². The minimum absolute atomic E-state index is 0.0679. The van der Waals surface area contributed by atoms with Crippen molar-refractivity contribution in [2.24, 2.45) is 7.05 Å². The van der Waals surface area contributed by atoms with Crippen LogP contribution >= 0.6 is 0 Å². The van der Waals surface area contributed by atoms with Gasteiger partial charge in [-0.25, -0.2) is 8.78 Å². The number of nitrogens with one attached hydrogen (secondary N) is 2. The Kier molecular flexibility index (Phi) is 5.79. The number of carbonyl (C=O) groups excluding carboxylic acids is 2. The van der Waals surface area contributed by atoms with E-state index in [1.54, 1.807) is 43.4 Å². The average molecular weight is 444 g/mol. The summed E-state index contributed by atoms with van der Waals surface area (Å²) in [6.07, 6.45) is -2.35. The molecule has 0 spiro atoms. The zero-order valence-electron chi connectivity index (χ0n) is 17.3. The Balaban J connectivity index is 1.60. The summed E-state index contributed by atoms with van der Waals surface area (Å²) in [5.74, 6) is -0.637. The number of hydrogen-bond acceptors (Lipinski definition) is 5. The van der Waals surface area contributed by atoms with Crippen LogP contribution in [0.5, 0.6) is 5.75 Å². The van der Waals surface area contributed by atoms with Crippen molar-refractivity contribution < 1.29 is 28.2 Å². The Morgan fingerprint density at radius 1 is 1.34 bits per heavy atom. The zero-order valence-corrected chi connectivity index (χ0v) is 17.3. The molecule has 1 aliphatic heterocycles. The lowest BCUT2D eigenvalue weighted by atomic mass is 9.98. The predicted octanol–water partition coefficient (Wildman–Crippen LogP) is 2.07. The number of benzene rings is 2. The number of aromatic nitrogens is 2. The molecule has 4 rings (SSSR count). The number of aryl methyl sites for hydroxylation is 1. The maximum absolute atomic E-state index is 13.2. The first-order valence-electron chi connectivity index (χ1n) is 10.0. The van der Waals surface area contributed by atoms with Crippen LogP contribution in [0.1, 0.15) is 34.5 Å². The summed E-state index contributed by atoms with van der Waals surface area (Å²) in [6.45, 7) is -0.246. The molecule has 10 heteroatoms. The molecular formula is C22H22F2N4O4. The Morgan fingerprint density at radius 2 is 2.12 bits per heavy atom. The summed E-state index contributed by atoms with van der Waals surface area (Å²) in [5.41, 5.74) is -0.415. The topological polar surface area (TPSA) is 105 Å². The van der Waals surface area contributed by atoms with E-state index < -0.39 is 30.4 Å². The van der Waals surface area contributed by atoms with E-state index in [9.17, 15) is 23.5 Å². The van der Waals surface area contributed by atoms with Gasteiger partial charge >= 0.3 is 0 Å². The third-order valence-electron chi connectivity index (χ3n) is 5.60. The first-order chi connectivity index (χ1) is 15.3. The largest absolute Gasteiger partial charge is 0.489 e. The number of fused-ring (bicyclic) bond motifs is 1. The molecule has 1 saturated heterocycles. The van der Waals surface area contributed by atoms with Gasteiger partial charge in [0.15, 0.2) is 0 Å². The fourth-order valence-electron chi connectivity index (χ4n) is 3.83. The van der Waals surface area contributed by atoms with E-state index in [0.29, 0.717) is 28.8 Å².